The first-order valence-corrected chi connectivity index (χ1v) is 13.2. The van der Waals surface area contributed by atoms with Gasteiger partial charge >= 0.3 is 6.09 Å². The van der Waals surface area contributed by atoms with Gasteiger partial charge in [0.05, 0.1) is 6.26 Å². The average Bonchev–Trinajstić information content (AvgIpc) is 2.75. The predicted molar refractivity (Wildman–Crippen MR) is 133 cm³/mol. The van der Waals surface area contributed by atoms with Crippen LogP contribution in [0.25, 0.3) is 0 Å². The molecule has 36 heavy (non-hydrogen) atoms. The van der Waals surface area contributed by atoms with Gasteiger partial charge < -0.3 is 9.64 Å². The van der Waals surface area contributed by atoms with Gasteiger partial charge in [-0.15, -0.1) is 0 Å². The van der Waals surface area contributed by atoms with Crippen LogP contribution in [0.2, 0.25) is 0 Å². The topological polar surface area (TPSA) is 113 Å². The van der Waals surface area contributed by atoms with Crippen molar-refractivity contribution in [2.75, 3.05) is 25.9 Å². The van der Waals surface area contributed by atoms with Crippen molar-refractivity contribution in [2.45, 2.75) is 39.3 Å². The minimum atomic E-state index is -3.83. The molecule has 1 N–H and O–H groups in total. The number of carbonyl (C=O) groups is 3. The first kappa shape index (κ1) is 28.8. The molecule has 0 saturated carbocycles. The molecule has 0 aromatic heterocycles. The van der Waals surface area contributed by atoms with E-state index in [1.54, 1.807) is 69.3 Å². The second-order valence-electron chi connectivity index (χ2n) is 9.28. The standard InChI is InChI=1S/C25H32FN3O6S/c1-25(2,3)35-24(32)28(15-14-20-12-8-9-13-21(20)26)18-23(31)29(16-19-10-6-5-7-11-19)17-22(30)27-36(4,33)34/h5-13H,14-18H2,1-4H3,(H,27,30). The molecule has 0 bridgehead atoms. The number of hydrogen-bond donors (Lipinski definition) is 1. The van der Waals surface area contributed by atoms with Gasteiger partial charge in [-0.05, 0) is 44.4 Å². The average molecular weight is 522 g/mol. The molecule has 2 rings (SSSR count). The minimum Gasteiger partial charge on any atom is -0.444 e. The number of benzene rings is 2. The third-order valence-electron chi connectivity index (χ3n) is 4.79. The summed E-state index contributed by atoms with van der Waals surface area (Å²) >= 11 is 0. The normalized spacial score (nSPS) is 11.5. The second kappa shape index (κ2) is 12.5. The van der Waals surface area contributed by atoms with E-state index in [1.807, 2.05) is 4.72 Å². The van der Waals surface area contributed by atoms with Gasteiger partial charge in [0, 0.05) is 13.1 Å². The summed E-state index contributed by atoms with van der Waals surface area (Å²) in [6.45, 7) is 4.03. The highest BCUT2D eigenvalue weighted by atomic mass is 32.2. The first-order chi connectivity index (χ1) is 16.7. The fraction of sp³-hybridized carbons (Fsp3) is 0.400. The van der Waals surface area contributed by atoms with E-state index in [0.717, 1.165) is 16.1 Å². The number of halogens is 1. The zero-order valence-electron chi connectivity index (χ0n) is 20.9. The van der Waals surface area contributed by atoms with Crippen LogP contribution in [0.4, 0.5) is 9.18 Å². The van der Waals surface area contributed by atoms with Crippen molar-refractivity contribution in [3.05, 3.63) is 71.5 Å². The Bertz CT molecular complexity index is 1170. The highest BCUT2D eigenvalue weighted by Crippen LogP contribution is 2.14. The van der Waals surface area contributed by atoms with E-state index in [1.165, 1.54) is 6.07 Å². The molecule has 196 valence electrons. The van der Waals surface area contributed by atoms with E-state index >= 15 is 0 Å². The fourth-order valence-electron chi connectivity index (χ4n) is 3.23. The second-order valence-corrected chi connectivity index (χ2v) is 11.0. The molecule has 3 amide bonds. The summed E-state index contributed by atoms with van der Waals surface area (Å²) in [5.41, 5.74) is 0.232. The van der Waals surface area contributed by atoms with Crippen molar-refractivity contribution in [1.82, 2.24) is 14.5 Å². The molecule has 0 radical (unpaired) electrons. The van der Waals surface area contributed by atoms with Crippen molar-refractivity contribution in [3.8, 4) is 0 Å². The molecular weight excluding hydrogens is 489 g/mol. The highest BCUT2D eigenvalue weighted by molar-refractivity contribution is 7.89. The maximum Gasteiger partial charge on any atom is 0.410 e. The van der Waals surface area contributed by atoms with Crippen molar-refractivity contribution in [2.24, 2.45) is 0 Å². The van der Waals surface area contributed by atoms with Crippen LogP contribution in [-0.2, 0) is 37.3 Å². The van der Waals surface area contributed by atoms with E-state index in [4.69, 9.17) is 4.74 Å². The lowest BCUT2D eigenvalue weighted by Gasteiger charge is -2.29. The number of hydrogen-bond acceptors (Lipinski definition) is 6. The molecule has 11 heteroatoms. The van der Waals surface area contributed by atoms with E-state index < -0.39 is 52.4 Å². The number of nitrogens with one attached hydrogen (secondary N) is 1. The number of nitrogens with zero attached hydrogens (tertiary/aromatic N) is 2. The smallest absolute Gasteiger partial charge is 0.410 e. The number of rotatable bonds is 10. The lowest BCUT2D eigenvalue weighted by atomic mass is 10.1. The van der Waals surface area contributed by atoms with Crippen molar-refractivity contribution < 1.29 is 31.9 Å². The monoisotopic (exact) mass is 521 g/mol. The Hall–Kier alpha value is -3.47. The first-order valence-electron chi connectivity index (χ1n) is 11.3. The summed E-state index contributed by atoms with van der Waals surface area (Å²) in [6.07, 6.45) is 0.195. The Balaban J connectivity index is 2.25. The summed E-state index contributed by atoms with van der Waals surface area (Å²) in [5.74, 6) is -1.94. The van der Waals surface area contributed by atoms with Gasteiger partial charge in [0.2, 0.25) is 15.9 Å². The molecular formula is C25H32FN3O6S. The maximum atomic E-state index is 14.1. The number of carbonyl (C=O) groups excluding carboxylic acids is 3. The fourth-order valence-corrected chi connectivity index (χ4v) is 3.71. The lowest BCUT2D eigenvalue weighted by molar-refractivity contribution is -0.137. The van der Waals surface area contributed by atoms with E-state index in [-0.39, 0.29) is 19.5 Å². The minimum absolute atomic E-state index is 0.00628. The summed E-state index contributed by atoms with van der Waals surface area (Å²) in [6, 6.07) is 14.9. The third-order valence-corrected chi connectivity index (χ3v) is 5.39. The molecule has 0 aliphatic carbocycles. The zero-order chi connectivity index (χ0) is 26.9. The van der Waals surface area contributed by atoms with Crippen molar-refractivity contribution in [1.29, 1.82) is 0 Å². The maximum absolute atomic E-state index is 14.1. The van der Waals surface area contributed by atoms with Crippen molar-refractivity contribution >= 4 is 27.9 Å². The van der Waals surface area contributed by atoms with Crippen molar-refractivity contribution in [3.63, 3.8) is 0 Å². The number of amides is 3. The predicted octanol–water partition coefficient (Wildman–Crippen LogP) is 2.71. The molecule has 0 spiro atoms. The molecule has 0 aliphatic rings. The molecule has 0 fully saturated rings. The van der Waals surface area contributed by atoms with Crippen LogP contribution < -0.4 is 4.72 Å². The Morgan fingerprint density at radius 1 is 0.944 bits per heavy atom. The van der Waals surface area contributed by atoms with Gasteiger partial charge in [0.1, 0.15) is 24.5 Å². The summed E-state index contributed by atoms with van der Waals surface area (Å²) in [5, 5.41) is 0. The van der Waals surface area contributed by atoms with Crippen LogP contribution in [0.5, 0.6) is 0 Å². The number of sulfonamides is 1. The largest absolute Gasteiger partial charge is 0.444 e. The SMILES string of the molecule is CC(C)(C)OC(=O)N(CCc1ccccc1F)CC(=O)N(CC(=O)NS(C)(=O)=O)Cc1ccccc1. The van der Waals surface area contributed by atoms with E-state index in [0.29, 0.717) is 11.1 Å². The van der Waals surface area contributed by atoms with Crippen LogP contribution in [-0.4, -0.2) is 67.6 Å². The molecule has 9 nitrogen and oxygen atoms in total. The van der Waals surface area contributed by atoms with Crippen LogP contribution in [0.3, 0.4) is 0 Å². The highest BCUT2D eigenvalue weighted by Gasteiger charge is 2.27. The Kier molecular flexibility index (Phi) is 9.97. The molecule has 0 heterocycles. The summed E-state index contributed by atoms with van der Waals surface area (Å²) in [7, 11) is -3.83. The van der Waals surface area contributed by atoms with E-state index in [2.05, 4.69) is 0 Å². The van der Waals surface area contributed by atoms with E-state index in [9.17, 15) is 27.2 Å². The zero-order valence-corrected chi connectivity index (χ0v) is 21.7. The van der Waals surface area contributed by atoms with Crippen LogP contribution in [0, 0.1) is 5.82 Å². The van der Waals surface area contributed by atoms with Gasteiger partial charge in [0.25, 0.3) is 5.91 Å². The van der Waals surface area contributed by atoms with Crippen LogP contribution >= 0.6 is 0 Å². The summed E-state index contributed by atoms with van der Waals surface area (Å²) < 4.78 is 44.3. The Labute approximate surface area is 211 Å². The van der Waals surface area contributed by atoms with Gasteiger partial charge in [0.15, 0.2) is 0 Å². The van der Waals surface area contributed by atoms with Gasteiger partial charge in [-0.2, -0.15) is 0 Å². The van der Waals surface area contributed by atoms with Gasteiger partial charge in [-0.25, -0.2) is 17.6 Å². The molecule has 0 unspecified atom stereocenters. The van der Waals surface area contributed by atoms with Crippen LogP contribution in [0.15, 0.2) is 54.6 Å². The van der Waals surface area contributed by atoms with Crippen LogP contribution in [0.1, 0.15) is 31.9 Å². The molecule has 0 saturated heterocycles. The lowest BCUT2D eigenvalue weighted by Crippen LogP contribution is -2.48. The number of ether oxygens (including phenoxy) is 1. The van der Waals surface area contributed by atoms with Gasteiger partial charge in [-0.1, -0.05) is 48.5 Å². The molecule has 0 atom stereocenters. The quantitative estimate of drug-likeness (QED) is 0.514. The summed E-state index contributed by atoms with van der Waals surface area (Å²) in [4.78, 5) is 40.7. The Morgan fingerprint density at radius 2 is 1.56 bits per heavy atom. The molecule has 2 aromatic rings. The third kappa shape index (κ3) is 10.4. The Morgan fingerprint density at radius 3 is 2.14 bits per heavy atom. The molecule has 0 aliphatic heterocycles. The van der Waals surface area contributed by atoms with Gasteiger partial charge in [-0.3, -0.25) is 19.2 Å². The molecule has 2 aromatic carbocycles.